The molecule has 0 aromatic heterocycles. The first-order chi connectivity index (χ1) is 8.28. The number of nitrogens with one attached hydrogen (secondary N) is 1. The van der Waals surface area contributed by atoms with Crippen molar-refractivity contribution in [3.05, 3.63) is 29.8 Å². The van der Waals surface area contributed by atoms with Crippen LogP contribution in [0.4, 0.5) is 5.69 Å². The van der Waals surface area contributed by atoms with Crippen LogP contribution >= 0.6 is 0 Å². The fourth-order valence-electron chi connectivity index (χ4n) is 1.51. The summed E-state index contributed by atoms with van der Waals surface area (Å²) in [4.78, 5) is 11.7. The second-order valence-corrected chi connectivity index (χ2v) is 6.54. The van der Waals surface area contributed by atoms with Gasteiger partial charge in [-0.2, -0.15) is 0 Å². The van der Waals surface area contributed by atoms with Gasteiger partial charge in [0, 0.05) is 27.8 Å². The molecular formula is C13H20N2O2S. The van der Waals surface area contributed by atoms with Crippen molar-refractivity contribution in [2.45, 2.75) is 26.3 Å². The highest BCUT2D eigenvalue weighted by Crippen LogP contribution is 2.13. The van der Waals surface area contributed by atoms with E-state index >= 15 is 0 Å². The molecule has 1 unspecified atom stereocenters. The minimum atomic E-state index is -1.24. The fraction of sp³-hybridized carbons (Fsp3) is 0.462. The van der Waals surface area contributed by atoms with Crippen LogP contribution in [0, 0.1) is 6.92 Å². The van der Waals surface area contributed by atoms with Crippen molar-refractivity contribution in [3.8, 4) is 0 Å². The second-order valence-electron chi connectivity index (χ2n) is 5.08. The van der Waals surface area contributed by atoms with Crippen LogP contribution in [0.2, 0.25) is 0 Å². The number of carbonyl (C=O) groups excluding carboxylic acids is 1. The van der Waals surface area contributed by atoms with Crippen LogP contribution in [0.5, 0.6) is 0 Å². The Hall–Kier alpha value is -1.20. The molecule has 0 aliphatic carbocycles. The van der Waals surface area contributed by atoms with Gasteiger partial charge < -0.3 is 11.1 Å². The van der Waals surface area contributed by atoms with Crippen molar-refractivity contribution in [3.63, 3.8) is 0 Å². The maximum absolute atomic E-state index is 11.7. The Bertz CT molecular complexity index is 453. The summed E-state index contributed by atoms with van der Waals surface area (Å²) in [6, 6.07) is 7.49. The lowest BCUT2D eigenvalue weighted by molar-refractivity contribution is -0.113. The van der Waals surface area contributed by atoms with Crippen molar-refractivity contribution < 1.29 is 9.00 Å². The van der Waals surface area contributed by atoms with Crippen molar-refractivity contribution >= 4 is 22.4 Å². The zero-order valence-corrected chi connectivity index (χ0v) is 11.8. The van der Waals surface area contributed by atoms with Gasteiger partial charge in [-0.3, -0.25) is 9.00 Å². The van der Waals surface area contributed by atoms with Gasteiger partial charge in [-0.05, 0) is 32.4 Å². The highest BCUT2D eigenvalue weighted by atomic mass is 32.2. The Morgan fingerprint density at radius 3 is 2.56 bits per heavy atom. The molecule has 4 nitrogen and oxygen atoms in total. The maximum Gasteiger partial charge on any atom is 0.236 e. The van der Waals surface area contributed by atoms with Gasteiger partial charge >= 0.3 is 0 Å². The molecule has 0 saturated heterocycles. The van der Waals surface area contributed by atoms with Gasteiger partial charge in [-0.1, -0.05) is 18.2 Å². The molecule has 0 aliphatic heterocycles. The molecule has 1 amide bonds. The number of hydrogen-bond acceptors (Lipinski definition) is 3. The summed E-state index contributed by atoms with van der Waals surface area (Å²) in [6.45, 7) is 5.50. The van der Waals surface area contributed by atoms with Crippen LogP contribution in [0.15, 0.2) is 24.3 Å². The summed E-state index contributed by atoms with van der Waals surface area (Å²) < 4.78 is 11.7. The smallest absolute Gasteiger partial charge is 0.236 e. The molecule has 0 bridgehead atoms. The van der Waals surface area contributed by atoms with Crippen LogP contribution in [0.3, 0.4) is 0 Å². The predicted molar refractivity (Wildman–Crippen MR) is 76.0 cm³/mol. The Morgan fingerprint density at radius 1 is 1.39 bits per heavy atom. The van der Waals surface area contributed by atoms with Gasteiger partial charge in [0.25, 0.3) is 0 Å². The van der Waals surface area contributed by atoms with E-state index in [1.807, 2.05) is 31.2 Å². The van der Waals surface area contributed by atoms with Crippen LogP contribution < -0.4 is 11.1 Å². The van der Waals surface area contributed by atoms with E-state index in [1.165, 1.54) is 0 Å². The summed E-state index contributed by atoms with van der Waals surface area (Å²) in [5.74, 6) is 0.0512. The summed E-state index contributed by atoms with van der Waals surface area (Å²) >= 11 is 0. The summed E-state index contributed by atoms with van der Waals surface area (Å²) in [6.07, 6.45) is 0. The number of benzene rings is 1. The lowest BCUT2D eigenvalue weighted by atomic mass is 10.1. The molecule has 0 fully saturated rings. The van der Waals surface area contributed by atoms with Gasteiger partial charge in [-0.25, -0.2) is 0 Å². The first kappa shape index (κ1) is 14.9. The molecule has 1 rings (SSSR count). The predicted octanol–water partition coefficient (Wildman–Crippen LogP) is 1.42. The third kappa shape index (κ3) is 5.42. The molecule has 0 spiro atoms. The van der Waals surface area contributed by atoms with E-state index in [2.05, 4.69) is 5.32 Å². The van der Waals surface area contributed by atoms with E-state index in [4.69, 9.17) is 5.73 Å². The number of para-hydroxylation sites is 1. The van der Waals surface area contributed by atoms with Crippen molar-refractivity contribution in [1.82, 2.24) is 0 Å². The highest BCUT2D eigenvalue weighted by molar-refractivity contribution is 7.85. The van der Waals surface area contributed by atoms with Crippen LogP contribution in [0.1, 0.15) is 19.4 Å². The number of nitrogens with two attached hydrogens (primary N) is 1. The third-order valence-electron chi connectivity index (χ3n) is 2.24. The van der Waals surface area contributed by atoms with Crippen molar-refractivity contribution in [1.29, 1.82) is 0 Å². The number of anilines is 1. The van der Waals surface area contributed by atoms with Gasteiger partial charge in [0.1, 0.15) is 5.75 Å². The number of carbonyl (C=O) groups is 1. The molecule has 100 valence electrons. The Labute approximate surface area is 110 Å². The molecule has 0 saturated carbocycles. The van der Waals surface area contributed by atoms with E-state index in [1.54, 1.807) is 13.8 Å². The van der Waals surface area contributed by atoms with Crippen LogP contribution in [0.25, 0.3) is 0 Å². The summed E-state index contributed by atoms with van der Waals surface area (Å²) in [7, 11) is -1.24. The molecule has 3 N–H and O–H groups in total. The van der Waals surface area contributed by atoms with E-state index < -0.39 is 16.3 Å². The monoisotopic (exact) mass is 268 g/mol. The molecular weight excluding hydrogens is 248 g/mol. The molecule has 18 heavy (non-hydrogen) atoms. The minimum Gasteiger partial charge on any atom is -0.325 e. The van der Waals surface area contributed by atoms with E-state index in [-0.39, 0.29) is 11.7 Å². The van der Waals surface area contributed by atoms with Crippen LogP contribution in [-0.4, -0.2) is 27.2 Å². The number of amides is 1. The molecule has 0 heterocycles. The van der Waals surface area contributed by atoms with Crippen LogP contribution in [-0.2, 0) is 15.6 Å². The van der Waals surface area contributed by atoms with E-state index in [9.17, 15) is 9.00 Å². The SMILES string of the molecule is Cc1ccccc1NC(=O)CS(=O)CC(C)(C)N. The average molecular weight is 268 g/mol. The second kappa shape index (κ2) is 6.11. The van der Waals surface area contributed by atoms with Crippen molar-refractivity contribution in [2.75, 3.05) is 16.8 Å². The number of hydrogen-bond donors (Lipinski definition) is 2. The quantitative estimate of drug-likeness (QED) is 0.848. The first-order valence-corrected chi connectivity index (χ1v) is 7.26. The number of rotatable bonds is 5. The third-order valence-corrected chi connectivity index (χ3v) is 3.89. The highest BCUT2D eigenvalue weighted by Gasteiger charge is 2.17. The molecule has 5 heteroatoms. The lowest BCUT2D eigenvalue weighted by Crippen LogP contribution is -2.39. The topological polar surface area (TPSA) is 72.2 Å². The lowest BCUT2D eigenvalue weighted by Gasteiger charge is -2.17. The Kier molecular flexibility index (Phi) is 5.04. The largest absolute Gasteiger partial charge is 0.325 e. The molecule has 1 aromatic carbocycles. The zero-order chi connectivity index (χ0) is 13.8. The normalized spacial score (nSPS) is 13.1. The Balaban J connectivity index is 2.53. The van der Waals surface area contributed by atoms with E-state index in [0.717, 1.165) is 11.3 Å². The first-order valence-electron chi connectivity index (χ1n) is 5.77. The van der Waals surface area contributed by atoms with E-state index in [0.29, 0.717) is 5.75 Å². The van der Waals surface area contributed by atoms with Gasteiger partial charge in [0.2, 0.25) is 5.91 Å². The van der Waals surface area contributed by atoms with Crippen molar-refractivity contribution in [2.24, 2.45) is 5.73 Å². The molecule has 0 radical (unpaired) electrons. The molecule has 0 aliphatic rings. The molecule has 1 atom stereocenters. The number of aryl methyl sites for hydroxylation is 1. The Morgan fingerprint density at radius 2 is 2.00 bits per heavy atom. The zero-order valence-electron chi connectivity index (χ0n) is 11.0. The van der Waals surface area contributed by atoms with Gasteiger partial charge in [0.15, 0.2) is 0 Å². The molecule has 1 aromatic rings. The summed E-state index contributed by atoms with van der Waals surface area (Å²) in [5, 5.41) is 2.75. The summed E-state index contributed by atoms with van der Waals surface area (Å²) in [5.41, 5.74) is 6.98. The maximum atomic E-state index is 11.7. The fourth-order valence-corrected chi connectivity index (χ4v) is 2.81. The van der Waals surface area contributed by atoms with Gasteiger partial charge in [-0.15, -0.1) is 0 Å². The van der Waals surface area contributed by atoms with Gasteiger partial charge in [0.05, 0.1) is 0 Å². The standard InChI is InChI=1S/C13H20N2O2S/c1-10-6-4-5-7-11(10)15-12(16)8-18(17)9-13(2,3)14/h4-7H,8-9,14H2,1-3H3,(H,15,16). The minimum absolute atomic E-state index is 0.0189. The average Bonchev–Trinajstić information content (AvgIpc) is 2.18.